The number of aliphatic imine (C=N–C) groups is 1. The van der Waals surface area contributed by atoms with E-state index in [4.69, 9.17) is 4.74 Å². The van der Waals surface area contributed by atoms with Crippen molar-refractivity contribution in [2.24, 2.45) is 4.99 Å². The van der Waals surface area contributed by atoms with E-state index < -0.39 is 0 Å². The van der Waals surface area contributed by atoms with Gasteiger partial charge < -0.3 is 10.1 Å². The maximum Gasteiger partial charge on any atom is 0.247 e. The summed E-state index contributed by atoms with van der Waals surface area (Å²) in [5.41, 5.74) is 0. The standard InChI is InChI=1S/C7H12N2O2/c1-5(2)11-4-6-8-3-7(10)9-6/h5H,3-4H2,1-2H3,(H,8,9,10). The van der Waals surface area contributed by atoms with Crippen molar-refractivity contribution >= 4 is 11.7 Å². The number of hydrogen-bond acceptors (Lipinski definition) is 3. The first-order valence-electron chi connectivity index (χ1n) is 3.63. The second-order valence-corrected chi connectivity index (χ2v) is 2.67. The number of amides is 1. The molecule has 0 spiro atoms. The fourth-order valence-corrected chi connectivity index (χ4v) is 0.735. The van der Waals surface area contributed by atoms with Gasteiger partial charge in [-0.3, -0.25) is 9.79 Å². The molecule has 1 rings (SSSR count). The average molecular weight is 156 g/mol. The number of carbonyl (C=O) groups excluding carboxylic acids is 1. The van der Waals surface area contributed by atoms with E-state index in [1.165, 1.54) is 0 Å². The van der Waals surface area contributed by atoms with Gasteiger partial charge in [0.15, 0.2) is 0 Å². The van der Waals surface area contributed by atoms with Crippen molar-refractivity contribution in [1.29, 1.82) is 0 Å². The topological polar surface area (TPSA) is 50.7 Å². The second-order valence-electron chi connectivity index (χ2n) is 2.67. The Bertz CT molecular complexity index is 187. The minimum Gasteiger partial charge on any atom is -0.371 e. The summed E-state index contributed by atoms with van der Waals surface area (Å²) in [5.74, 6) is 0.594. The maximum atomic E-state index is 10.6. The van der Waals surface area contributed by atoms with E-state index in [0.717, 1.165) is 0 Å². The molecule has 0 radical (unpaired) electrons. The van der Waals surface area contributed by atoms with Crippen molar-refractivity contribution in [2.75, 3.05) is 13.2 Å². The number of nitrogens with zero attached hydrogens (tertiary/aromatic N) is 1. The molecule has 0 saturated carbocycles. The molecule has 0 aromatic carbocycles. The Morgan fingerprint density at radius 3 is 2.91 bits per heavy atom. The highest BCUT2D eigenvalue weighted by Gasteiger charge is 2.12. The van der Waals surface area contributed by atoms with Crippen LogP contribution in [-0.2, 0) is 9.53 Å². The summed E-state index contributed by atoms with van der Waals surface area (Å²) >= 11 is 0. The molecule has 1 aliphatic heterocycles. The normalized spacial score (nSPS) is 17.0. The zero-order valence-electron chi connectivity index (χ0n) is 6.76. The molecule has 0 unspecified atom stereocenters. The molecule has 0 aliphatic carbocycles. The fraction of sp³-hybridized carbons (Fsp3) is 0.714. The Morgan fingerprint density at radius 2 is 2.45 bits per heavy atom. The van der Waals surface area contributed by atoms with E-state index in [9.17, 15) is 4.79 Å². The van der Waals surface area contributed by atoms with Gasteiger partial charge in [0.05, 0.1) is 6.10 Å². The summed E-state index contributed by atoms with van der Waals surface area (Å²) in [6.45, 7) is 4.54. The molecule has 11 heavy (non-hydrogen) atoms. The number of nitrogens with one attached hydrogen (secondary N) is 1. The largest absolute Gasteiger partial charge is 0.371 e. The minimum absolute atomic E-state index is 0.0487. The first kappa shape index (κ1) is 8.20. The number of ether oxygens (including phenoxy) is 1. The van der Waals surface area contributed by atoms with Crippen LogP contribution < -0.4 is 5.32 Å². The molecule has 1 N–H and O–H groups in total. The minimum atomic E-state index is -0.0487. The molecular formula is C7H12N2O2. The summed E-state index contributed by atoms with van der Waals surface area (Å²) in [4.78, 5) is 14.5. The average Bonchev–Trinajstić information content (AvgIpc) is 2.31. The zero-order chi connectivity index (χ0) is 8.27. The first-order valence-corrected chi connectivity index (χ1v) is 3.63. The van der Waals surface area contributed by atoms with Crippen molar-refractivity contribution in [3.8, 4) is 0 Å². The predicted molar refractivity (Wildman–Crippen MR) is 41.5 cm³/mol. The van der Waals surface area contributed by atoms with E-state index in [2.05, 4.69) is 10.3 Å². The molecule has 4 nitrogen and oxygen atoms in total. The quantitative estimate of drug-likeness (QED) is 0.622. The maximum absolute atomic E-state index is 10.6. The number of carbonyl (C=O) groups is 1. The monoisotopic (exact) mass is 156 g/mol. The summed E-state index contributed by atoms with van der Waals surface area (Å²) in [7, 11) is 0. The van der Waals surface area contributed by atoms with Crippen LogP contribution in [0, 0.1) is 0 Å². The van der Waals surface area contributed by atoms with Crippen molar-refractivity contribution in [3.63, 3.8) is 0 Å². The van der Waals surface area contributed by atoms with Gasteiger partial charge >= 0.3 is 0 Å². The Hall–Kier alpha value is -0.900. The van der Waals surface area contributed by atoms with Crippen molar-refractivity contribution < 1.29 is 9.53 Å². The lowest BCUT2D eigenvalue weighted by atomic mass is 10.5. The van der Waals surface area contributed by atoms with Crippen molar-refractivity contribution in [2.45, 2.75) is 20.0 Å². The molecule has 62 valence electrons. The van der Waals surface area contributed by atoms with Gasteiger partial charge in [-0.25, -0.2) is 0 Å². The van der Waals surface area contributed by atoms with Crippen LogP contribution in [0.15, 0.2) is 4.99 Å². The lowest BCUT2D eigenvalue weighted by Crippen LogP contribution is -2.28. The lowest BCUT2D eigenvalue weighted by Gasteiger charge is -2.06. The molecule has 0 atom stereocenters. The van der Waals surface area contributed by atoms with Gasteiger partial charge in [-0.1, -0.05) is 0 Å². The number of amidine groups is 1. The van der Waals surface area contributed by atoms with Gasteiger partial charge in [-0.15, -0.1) is 0 Å². The summed E-state index contributed by atoms with van der Waals surface area (Å²) in [6.07, 6.45) is 0.176. The van der Waals surface area contributed by atoms with Crippen LogP contribution in [0.4, 0.5) is 0 Å². The highest BCUT2D eigenvalue weighted by atomic mass is 16.5. The van der Waals surface area contributed by atoms with Gasteiger partial charge in [0.1, 0.15) is 19.0 Å². The molecule has 0 aromatic rings. The molecule has 1 aliphatic rings. The Labute approximate surface area is 65.6 Å². The summed E-state index contributed by atoms with van der Waals surface area (Å²) < 4.78 is 5.23. The smallest absolute Gasteiger partial charge is 0.247 e. The summed E-state index contributed by atoms with van der Waals surface area (Å²) in [5, 5.41) is 2.60. The molecule has 0 aromatic heterocycles. The molecule has 1 amide bonds. The molecule has 0 fully saturated rings. The third-order valence-electron chi connectivity index (χ3n) is 1.25. The van der Waals surface area contributed by atoms with Gasteiger partial charge in [-0.05, 0) is 13.8 Å². The van der Waals surface area contributed by atoms with Gasteiger partial charge in [0.2, 0.25) is 5.91 Å². The van der Waals surface area contributed by atoms with E-state index in [-0.39, 0.29) is 18.6 Å². The third-order valence-corrected chi connectivity index (χ3v) is 1.25. The van der Waals surface area contributed by atoms with E-state index in [0.29, 0.717) is 12.4 Å². The first-order chi connectivity index (χ1) is 5.18. The van der Waals surface area contributed by atoms with E-state index >= 15 is 0 Å². The van der Waals surface area contributed by atoms with Crippen LogP contribution in [0.3, 0.4) is 0 Å². The molecule has 0 bridgehead atoms. The molecular weight excluding hydrogens is 144 g/mol. The van der Waals surface area contributed by atoms with Gasteiger partial charge in [0, 0.05) is 0 Å². The fourth-order valence-electron chi connectivity index (χ4n) is 0.735. The third kappa shape index (κ3) is 2.67. The Kier molecular flexibility index (Phi) is 2.59. The Balaban J connectivity index is 2.23. The zero-order valence-corrected chi connectivity index (χ0v) is 6.76. The Morgan fingerprint density at radius 1 is 1.73 bits per heavy atom. The highest BCUT2D eigenvalue weighted by molar-refractivity contribution is 6.04. The summed E-state index contributed by atoms with van der Waals surface area (Å²) in [6, 6.07) is 0. The van der Waals surface area contributed by atoms with Crippen molar-refractivity contribution in [1.82, 2.24) is 5.32 Å². The predicted octanol–water partition coefficient (Wildman–Crippen LogP) is -0.0603. The van der Waals surface area contributed by atoms with E-state index in [1.807, 2.05) is 13.8 Å². The van der Waals surface area contributed by atoms with Crippen LogP contribution in [-0.4, -0.2) is 31.0 Å². The van der Waals surface area contributed by atoms with Crippen LogP contribution in [0.1, 0.15) is 13.8 Å². The lowest BCUT2D eigenvalue weighted by molar-refractivity contribution is -0.117. The van der Waals surface area contributed by atoms with Crippen LogP contribution in [0.5, 0.6) is 0 Å². The van der Waals surface area contributed by atoms with Gasteiger partial charge in [0.25, 0.3) is 0 Å². The second kappa shape index (κ2) is 3.48. The molecule has 4 heteroatoms. The van der Waals surface area contributed by atoms with Crippen LogP contribution in [0.2, 0.25) is 0 Å². The number of rotatable bonds is 3. The SMILES string of the molecule is CC(C)OCC1=NCC(=O)N1. The van der Waals surface area contributed by atoms with Crippen LogP contribution >= 0.6 is 0 Å². The highest BCUT2D eigenvalue weighted by Crippen LogP contribution is 1.91. The van der Waals surface area contributed by atoms with E-state index in [1.54, 1.807) is 0 Å². The van der Waals surface area contributed by atoms with Crippen LogP contribution in [0.25, 0.3) is 0 Å². The van der Waals surface area contributed by atoms with Gasteiger partial charge in [-0.2, -0.15) is 0 Å². The molecule has 0 saturated heterocycles. The molecule has 1 heterocycles. The number of hydrogen-bond donors (Lipinski definition) is 1. The van der Waals surface area contributed by atoms with Crippen molar-refractivity contribution in [3.05, 3.63) is 0 Å².